The normalized spacial score (nSPS) is 16.9. The van der Waals surface area contributed by atoms with Gasteiger partial charge in [-0.15, -0.1) is 11.8 Å². The number of nitrogens with zero attached hydrogens (tertiary/aromatic N) is 2. The molecule has 1 fully saturated rings. The lowest BCUT2D eigenvalue weighted by atomic mass is 10.2. The van der Waals surface area contributed by atoms with Gasteiger partial charge in [-0.3, -0.25) is 0 Å². The summed E-state index contributed by atoms with van der Waals surface area (Å²) in [5.41, 5.74) is 1.30. The summed E-state index contributed by atoms with van der Waals surface area (Å²) in [6.45, 7) is 5.83. The minimum atomic E-state index is -0.510. The van der Waals surface area contributed by atoms with E-state index in [-0.39, 0.29) is 11.5 Å². The van der Waals surface area contributed by atoms with Crippen molar-refractivity contribution in [3.63, 3.8) is 0 Å². The second kappa shape index (κ2) is 8.64. The van der Waals surface area contributed by atoms with E-state index in [0.717, 1.165) is 23.7 Å². The molecular formula is C18H22N2O2S. The summed E-state index contributed by atoms with van der Waals surface area (Å²) in [6.07, 6.45) is 1.04. The molecule has 0 saturated carbocycles. The number of rotatable bonds is 5. The Morgan fingerprint density at radius 2 is 2.13 bits per heavy atom. The zero-order valence-electron chi connectivity index (χ0n) is 13.6. The molecule has 2 rings (SSSR count). The van der Waals surface area contributed by atoms with E-state index in [1.165, 1.54) is 5.56 Å². The molecule has 0 aromatic heterocycles. The van der Waals surface area contributed by atoms with Crippen molar-refractivity contribution in [1.82, 2.24) is 4.90 Å². The number of benzene rings is 1. The van der Waals surface area contributed by atoms with Crippen LogP contribution in [0.2, 0.25) is 0 Å². The van der Waals surface area contributed by atoms with Gasteiger partial charge in [-0.2, -0.15) is 5.26 Å². The molecule has 1 saturated heterocycles. The highest BCUT2D eigenvalue weighted by atomic mass is 32.2. The number of carbonyl (C=O) groups is 1. The van der Waals surface area contributed by atoms with Crippen LogP contribution in [-0.4, -0.2) is 29.8 Å². The lowest BCUT2D eigenvalue weighted by Crippen LogP contribution is -2.29. The third kappa shape index (κ3) is 5.04. The number of ether oxygens (including phenoxy) is 1. The third-order valence-electron chi connectivity index (χ3n) is 3.39. The molecule has 0 radical (unpaired) electrons. The summed E-state index contributed by atoms with van der Waals surface area (Å²) in [5, 5.41) is 10.2. The van der Waals surface area contributed by atoms with Crippen LogP contribution < -0.4 is 0 Å². The first-order valence-electron chi connectivity index (χ1n) is 7.85. The van der Waals surface area contributed by atoms with Gasteiger partial charge >= 0.3 is 5.97 Å². The molecule has 0 bridgehead atoms. The van der Waals surface area contributed by atoms with E-state index in [1.54, 1.807) is 11.8 Å². The van der Waals surface area contributed by atoms with E-state index in [1.807, 2.05) is 32.0 Å². The summed E-state index contributed by atoms with van der Waals surface area (Å²) in [6, 6.07) is 12.1. The van der Waals surface area contributed by atoms with Gasteiger partial charge in [0.05, 0.1) is 11.6 Å². The van der Waals surface area contributed by atoms with Crippen molar-refractivity contribution in [2.24, 2.45) is 5.92 Å². The van der Waals surface area contributed by atoms with Gasteiger partial charge in [0.2, 0.25) is 0 Å². The number of hydrogen-bond donors (Lipinski definition) is 0. The summed E-state index contributed by atoms with van der Waals surface area (Å²) in [4.78, 5) is 14.3. The number of hydrogen-bond acceptors (Lipinski definition) is 5. The number of carbonyl (C=O) groups excluding carboxylic acids is 1. The van der Waals surface area contributed by atoms with Crippen molar-refractivity contribution in [2.75, 3.05) is 18.9 Å². The minimum absolute atomic E-state index is 0.131. The Morgan fingerprint density at radius 1 is 1.39 bits per heavy atom. The van der Waals surface area contributed by atoms with Crippen molar-refractivity contribution in [3.05, 3.63) is 46.5 Å². The Kier molecular flexibility index (Phi) is 6.54. The van der Waals surface area contributed by atoms with E-state index in [9.17, 15) is 10.1 Å². The first kappa shape index (κ1) is 17.4. The SMILES string of the molecule is CC(C)COC(=O)/C(C#N)=C1\SCCCN1Cc1ccccc1. The maximum absolute atomic E-state index is 12.2. The van der Waals surface area contributed by atoms with Gasteiger partial charge in [0.25, 0.3) is 0 Å². The quantitative estimate of drug-likeness (QED) is 0.469. The topological polar surface area (TPSA) is 53.3 Å². The van der Waals surface area contributed by atoms with Gasteiger partial charge < -0.3 is 9.64 Å². The molecule has 1 heterocycles. The molecule has 1 aliphatic heterocycles. The Morgan fingerprint density at radius 3 is 2.78 bits per heavy atom. The number of thioether (sulfide) groups is 1. The van der Waals surface area contributed by atoms with E-state index in [0.29, 0.717) is 13.2 Å². The third-order valence-corrected chi connectivity index (χ3v) is 4.62. The van der Waals surface area contributed by atoms with Gasteiger partial charge in [0.1, 0.15) is 6.07 Å². The first-order valence-corrected chi connectivity index (χ1v) is 8.83. The van der Waals surface area contributed by atoms with Crippen LogP contribution in [0.5, 0.6) is 0 Å². The molecule has 1 aliphatic rings. The van der Waals surface area contributed by atoms with Crippen LogP contribution in [0, 0.1) is 17.2 Å². The van der Waals surface area contributed by atoms with Crippen molar-refractivity contribution in [2.45, 2.75) is 26.8 Å². The van der Waals surface area contributed by atoms with Crippen LogP contribution in [0.4, 0.5) is 0 Å². The molecule has 1 aromatic rings. The highest BCUT2D eigenvalue weighted by Gasteiger charge is 2.25. The Hall–Kier alpha value is -1.93. The molecule has 0 atom stereocenters. The van der Waals surface area contributed by atoms with E-state index < -0.39 is 5.97 Å². The first-order chi connectivity index (χ1) is 11.1. The highest BCUT2D eigenvalue weighted by molar-refractivity contribution is 8.03. The molecule has 5 heteroatoms. The average molecular weight is 330 g/mol. The lowest BCUT2D eigenvalue weighted by Gasteiger charge is -2.31. The second-order valence-corrected chi connectivity index (χ2v) is 6.98. The summed E-state index contributed by atoms with van der Waals surface area (Å²) in [5.74, 6) is 0.662. The predicted molar refractivity (Wildman–Crippen MR) is 92.4 cm³/mol. The van der Waals surface area contributed by atoms with Crippen molar-refractivity contribution in [3.8, 4) is 6.07 Å². The summed E-state index contributed by atoms with van der Waals surface area (Å²) < 4.78 is 5.25. The summed E-state index contributed by atoms with van der Waals surface area (Å²) >= 11 is 1.57. The lowest BCUT2D eigenvalue weighted by molar-refractivity contribution is -0.139. The van der Waals surface area contributed by atoms with Crippen molar-refractivity contribution in [1.29, 1.82) is 5.26 Å². The Balaban J connectivity index is 2.19. The van der Waals surface area contributed by atoms with Crippen LogP contribution in [0.3, 0.4) is 0 Å². The van der Waals surface area contributed by atoms with Crippen LogP contribution in [0.15, 0.2) is 40.9 Å². The smallest absolute Gasteiger partial charge is 0.351 e. The fourth-order valence-electron chi connectivity index (χ4n) is 2.30. The molecular weight excluding hydrogens is 308 g/mol. The van der Waals surface area contributed by atoms with Gasteiger partial charge in [-0.25, -0.2) is 4.79 Å². The Bertz CT molecular complexity index is 605. The molecule has 0 amide bonds. The molecule has 23 heavy (non-hydrogen) atoms. The molecule has 0 unspecified atom stereocenters. The maximum Gasteiger partial charge on any atom is 0.351 e. The van der Waals surface area contributed by atoms with Gasteiger partial charge in [0.15, 0.2) is 5.57 Å². The largest absolute Gasteiger partial charge is 0.461 e. The van der Waals surface area contributed by atoms with Crippen LogP contribution >= 0.6 is 11.8 Å². The van der Waals surface area contributed by atoms with Crippen LogP contribution in [-0.2, 0) is 16.1 Å². The molecule has 0 N–H and O–H groups in total. The minimum Gasteiger partial charge on any atom is -0.461 e. The molecule has 122 valence electrons. The van der Waals surface area contributed by atoms with Gasteiger partial charge in [0, 0.05) is 18.8 Å². The maximum atomic E-state index is 12.2. The molecule has 0 aliphatic carbocycles. The monoisotopic (exact) mass is 330 g/mol. The number of nitriles is 1. The zero-order valence-corrected chi connectivity index (χ0v) is 14.4. The van der Waals surface area contributed by atoms with E-state index >= 15 is 0 Å². The average Bonchev–Trinajstić information content (AvgIpc) is 2.56. The fraction of sp³-hybridized carbons (Fsp3) is 0.444. The van der Waals surface area contributed by atoms with E-state index in [2.05, 4.69) is 23.1 Å². The molecule has 0 spiro atoms. The Labute approximate surface area is 142 Å². The summed E-state index contributed by atoms with van der Waals surface area (Å²) in [7, 11) is 0. The standard InChI is InChI=1S/C18H22N2O2S/c1-14(2)13-22-18(21)16(11-19)17-20(9-6-10-23-17)12-15-7-4-3-5-8-15/h3-5,7-8,14H,6,9-10,12-13H2,1-2H3/b17-16-. The van der Waals surface area contributed by atoms with Crippen LogP contribution in [0.25, 0.3) is 0 Å². The number of esters is 1. The molecule has 4 nitrogen and oxygen atoms in total. The van der Waals surface area contributed by atoms with Crippen LogP contribution in [0.1, 0.15) is 25.8 Å². The molecule has 1 aromatic carbocycles. The zero-order chi connectivity index (χ0) is 16.7. The van der Waals surface area contributed by atoms with Gasteiger partial charge in [-0.05, 0) is 17.9 Å². The van der Waals surface area contributed by atoms with Crippen molar-refractivity contribution < 1.29 is 9.53 Å². The second-order valence-electron chi connectivity index (χ2n) is 5.89. The fourth-order valence-corrected chi connectivity index (χ4v) is 3.38. The van der Waals surface area contributed by atoms with Gasteiger partial charge in [-0.1, -0.05) is 44.2 Å². The highest BCUT2D eigenvalue weighted by Crippen LogP contribution is 2.31. The van der Waals surface area contributed by atoms with E-state index in [4.69, 9.17) is 4.74 Å². The van der Waals surface area contributed by atoms with Crippen molar-refractivity contribution >= 4 is 17.7 Å². The predicted octanol–water partition coefficient (Wildman–Crippen LogP) is 3.56.